The SMILES string of the molecule is CCCCCCC(CCO)CSCC(CCO)CCCCCC. The number of hydrogen-bond donors (Lipinski definition) is 2. The van der Waals surface area contributed by atoms with E-state index in [1.165, 1.54) is 75.7 Å². The molecule has 0 saturated carbocycles. The van der Waals surface area contributed by atoms with E-state index in [1.54, 1.807) is 0 Å². The summed E-state index contributed by atoms with van der Waals surface area (Å²) in [6, 6.07) is 0. The standard InChI is InChI=1S/C20H42O2S/c1-3-5-7-9-11-19(13-15-21)17-23-18-20(14-16-22)12-10-8-6-4-2/h19-22H,3-18H2,1-2H3. The number of rotatable bonds is 18. The minimum absolute atomic E-state index is 0.329. The summed E-state index contributed by atoms with van der Waals surface area (Å²) in [4.78, 5) is 0. The van der Waals surface area contributed by atoms with Crippen LogP contribution in [0.3, 0.4) is 0 Å². The van der Waals surface area contributed by atoms with E-state index in [0.717, 1.165) is 12.8 Å². The number of thioether (sulfide) groups is 1. The molecule has 0 aliphatic rings. The van der Waals surface area contributed by atoms with E-state index in [1.807, 2.05) is 0 Å². The van der Waals surface area contributed by atoms with E-state index in [4.69, 9.17) is 0 Å². The van der Waals surface area contributed by atoms with Crippen molar-refractivity contribution in [1.29, 1.82) is 0 Å². The van der Waals surface area contributed by atoms with Crippen LogP contribution in [0.1, 0.15) is 90.9 Å². The van der Waals surface area contributed by atoms with E-state index < -0.39 is 0 Å². The van der Waals surface area contributed by atoms with Crippen molar-refractivity contribution in [2.45, 2.75) is 90.9 Å². The molecule has 0 rings (SSSR count). The maximum Gasteiger partial charge on any atom is 0.0433 e. The minimum Gasteiger partial charge on any atom is -0.396 e. The number of unbranched alkanes of at least 4 members (excludes halogenated alkanes) is 6. The first-order valence-corrected chi connectivity index (χ1v) is 11.2. The quantitative estimate of drug-likeness (QED) is 0.315. The second-order valence-corrected chi connectivity index (χ2v) is 8.07. The largest absolute Gasteiger partial charge is 0.396 e. The maximum atomic E-state index is 9.26. The second-order valence-electron chi connectivity index (χ2n) is 6.99. The van der Waals surface area contributed by atoms with Crippen molar-refractivity contribution in [2.24, 2.45) is 11.8 Å². The molecule has 2 unspecified atom stereocenters. The van der Waals surface area contributed by atoms with Crippen LogP contribution in [0.2, 0.25) is 0 Å². The Hall–Kier alpha value is 0.270. The average Bonchev–Trinajstić information content (AvgIpc) is 2.55. The fourth-order valence-electron chi connectivity index (χ4n) is 3.11. The second kappa shape index (κ2) is 18.6. The maximum absolute atomic E-state index is 9.26. The lowest BCUT2D eigenvalue weighted by Gasteiger charge is -2.19. The summed E-state index contributed by atoms with van der Waals surface area (Å²) in [5.41, 5.74) is 0. The molecule has 140 valence electrons. The van der Waals surface area contributed by atoms with Crippen molar-refractivity contribution in [3.8, 4) is 0 Å². The van der Waals surface area contributed by atoms with Gasteiger partial charge < -0.3 is 10.2 Å². The lowest BCUT2D eigenvalue weighted by molar-refractivity contribution is 0.256. The third-order valence-electron chi connectivity index (χ3n) is 4.71. The number of aliphatic hydroxyl groups excluding tert-OH is 2. The van der Waals surface area contributed by atoms with Crippen LogP contribution in [-0.4, -0.2) is 34.9 Å². The lowest BCUT2D eigenvalue weighted by atomic mass is 9.99. The molecule has 2 nitrogen and oxygen atoms in total. The molecule has 23 heavy (non-hydrogen) atoms. The lowest BCUT2D eigenvalue weighted by Crippen LogP contribution is -2.11. The zero-order valence-corrected chi connectivity index (χ0v) is 16.6. The van der Waals surface area contributed by atoms with Gasteiger partial charge in [-0.25, -0.2) is 0 Å². The first-order chi connectivity index (χ1) is 11.3. The third-order valence-corrected chi connectivity index (χ3v) is 6.13. The summed E-state index contributed by atoms with van der Waals surface area (Å²) >= 11 is 2.05. The van der Waals surface area contributed by atoms with Gasteiger partial charge in [0, 0.05) is 13.2 Å². The van der Waals surface area contributed by atoms with Gasteiger partial charge in [0.1, 0.15) is 0 Å². The van der Waals surface area contributed by atoms with Gasteiger partial charge in [0.25, 0.3) is 0 Å². The Morgan fingerprint density at radius 2 is 1.04 bits per heavy atom. The van der Waals surface area contributed by atoms with Gasteiger partial charge in [-0.1, -0.05) is 65.2 Å². The molecule has 0 aromatic heterocycles. The smallest absolute Gasteiger partial charge is 0.0433 e. The molecule has 0 saturated heterocycles. The molecule has 0 fully saturated rings. The van der Waals surface area contributed by atoms with Crippen LogP contribution in [0.5, 0.6) is 0 Å². The predicted molar refractivity (Wildman–Crippen MR) is 105 cm³/mol. The molecule has 0 aromatic carbocycles. The average molecular weight is 347 g/mol. The Morgan fingerprint density at radius 1 is 0.609 bits per heavy atom. The molecular weight excluding hydrogens is 304 g/mol. The molecule has 0 bridgehead atoms. The first-order valence-electron chi connectivity index (χ1n) is 10.1. The van der Waals surface area contributed by atoms with Gasteiger partial charge in [0.15, 0.2) is 0 Å². The summed E-state index contributed by atoms with van der Waals surface area (Å²) in [6.45, 7) is 5.16. The van der Waals surface area contributed by atoms with Crippen molar-refractivity contribution in [1.82, 2.24) is 0 Å². The summed E-state index contributed by atoms with van der Waals surface area (Å²) in [5.74, 6) is 3.72. The molecule has 0 spiro atoms. The Kier molecular flexibility index (Phi) is 18.8. The van der Waals surface area contributed by atoms with Crippen molar-refractivity contribution in [2.75, 3.05) is 24.7 Å². The third kappa shape index (κ3) is 15.5. The Morgan fingerprint density at radius 3 is 1.39 bits per heavy atom. The Balaban J connectivity index is 3.89. The van der Waals surface area contributed by atoms with Crippen molar-refractivity contribution < 1.29 is 10.2 Å². The molecule has 2 N–H and O–H groups in total. The van der Waals surface area contributed by atoms with E-state index in [0.29, 0.717) is 25.0 Å². The molecule has 0 aromatic rings. The van der Waals surface area contributed by atoms with E-state index >= 15 is 0 Å². The van der Waals surface area contributed by atoms with Crippen molar-refractivity contribution in [3.63, 3.8) is 0 Å². The van der Waals surface area contributed by atoms with Crippen LogP contribution < -0.4 is 0 Å². The number of hydrogen-bond acceptors (Lipinski definition) is 3. The monoisotopic (exact) mass is 346 g/mol. The highest BCUT2D eigenvalue weighted by Gasteiger charge is 2.12. The van der Waals surface area contributed by atoms with Gasteiger partial charge in [-0.3, -0.25) is 0 Å². The summed E-state index contributed by atoms with van der Waals surface area (Å²) in [7, 11) is 0. The van der Waals surface area contributed by atoms with Crippen LogP contribution in [-0.2, 0) is 0 Å². The van der Waals surface area contributed by atoms with Crippen LogP contribution >= 0.6 is 11.8 Å². The minimum atomic E-state index is 0.329. The van der Waals surface area contributed by atoms with Crippen molar-refractivity contribution in [3.05, 3.63) is 0 Å². The topological polar surface area (TPSA) is 40.5 Å². The summed E-state index contributed by atoms with van der Waals surface area (Å²) < 4.78 is 0. The summed E-state index contributed by atoms with van der Waals surface area (Å²) in [6.07, 6.45) is 15.0. The van der Waals surface area contributed by atoms with Crippen LogP contribution in [0.15, 0.2) is 0 Å². The van der Waals surface area contributed by atoms with Gasteiger partial charge in [-0.05, 0) is 49.0 Å². The van der Waals surface area contributed by atoms with Gasteiger partial charge >= 0.3 is 0 Å². The zero-order valence-electron chi connectivity index (χ0n) is 15.8. The normalized spacial score (nSPS) is 14.1. The Bertz CT molecular complexity index is 202. The molecule has 0 amide bonds. The van der Waals surface area contributed by atoms with Gasteiger partial charge in [-0.15, -0.1) is 0 Å². The van der Waals surface area contributed by atoms with Crippen LogP contribution in [0.25, 0.3) is 0 Å². The molecule has 0 heterocycles. The highest BCUT2D eigenvalue weighted by molar-refractivity contribution is 7.99. The fourth-order valence-corrected chi connectivity index (χ4v) is 4.58. The van der Waals surface area contributed by atoms with Gasteiger partial charge in [-0.2, -0.15) is 11.8 Å². The number of aliphatic hydroxyl groups is 2. The first kappa shape index (κ1) is 23.3. The molecule has 0 radical (unpaired) electrons. The predicted octanol–water partition coefficient (Wildman–Crippen LogP) is 5.66. The highest BCUT2D eigenvalue weighted by atomic mass is 32.2. The molecular formula is C20H42O2S. The van der Waals surface area contributed by atoms with Crippen LogP contribution in [0.4, 0.5) is 0 Å². The molecule has 2 atom stereocenters. The summed E-state index contributed by atoms with van der Waals surface area (Å²) in [5, 5.41) is 18.5. The fraction of sp³-hybridized carbons (Fsp3) is 1.00. The zero-order chi connectivity index (χ0) is 17.2. The molecule has 3 heteroatoms. The molecule has 0 aliphatic heterocycles. The van der Waals surface area contributed by atoms with E-state index in [-0.39, 0.29) is 0 Å². The van der Waals surface area contributed by atoms with Crippen LogP contribution in [0, 0.1) is 11.8 Å². The molecule has 0 aliphatic carbocycles. The van der Waals surface area contributed by atoms with Gasteiger partial charge in [0.2, 0.25) is 0 Å². The van der Waals surface area contributed by atoms with E-state index in [2.05, 4.69) is 25.6 Å². The highest BCUT2D eigenvalue weighted by Crippen LogP contribution is 2.24. The van der Waals surface area contributed by atoms with E-state index in [9.17, 15) is 10.2 Å². The van der Waals surface area contributed by atoms with Gasteiger partial charge in [0.05, 0.1) is 0 Å². The Labute approximate surface area is 149 Å². The van der Waals surface area contributed by atoms with Crippen molar-refractivity contribution >= 4 is 11.8 Å².